The van der Waals surface area contributed by atoms with Gasteiger partial charge in [-0.2, -0.15) is 13.2 Å². The van der Waals surface area contributed by atoms with Gasteiger partial charge >= 0.3 is 6.18 Å². The zero-order valence-electron chi connectivity index (χ0n) is 8.68. The van der Waals surface area contributed by atoms with Crippen LogP contribution in [0.1, 0.15) is 12.1 Å². The van der Waals surface area contributed by atoms with Gasteiger partial charge in [-0.3, -0.25) is 0 Å². The molecule has 0 aliphatic heterocycles. The van der Waals surface area contributed by atoms with E-state index in [1.165, 1.54) is 0 Å². The van der Waals surface area contributed by atoms with Crippen molar-refractivity contribution in [3.63, 3.8) is 0 Å². The summed E-state index contributed by atoms with van der Waals surface area (Å²) < 4.78 is 39.4. The maximum absolute atomic E-state index is 11.7. The SMILES string of the molecule is FC(F)(F)COCCCNCc1cnc[nH]1. The van der Waals surface area contributed by atoms with Crippen molar-refractivity contribution < 1.29 is 17.9 Å². The molecule has 16 heavy (non-hydrogen) atoms. The predicted octanol–water partition coefficient (Wildman–Crippen LogP) is 1.47. The summed E-state index contributed by atoms with van der Waals surface area (Å²) in [5, 5.41) is 3.05. The van der Waals surface area contributed by atoms with Crippen LogP contribution in [0.3, 0.4) is 0 Å². The van der Waals surface area contributed by atoms with Crippen molar-refractivity contribution >= 4 is 0 Å². The van der Waals surface area contributed by atoms with Gasteiger partial charge in [-0.15, -0.1) is 0 Å². The normalized spacial score (nSPS) is 11.9. The van der Waals surface area contributed by atoms with E-state index in [1.54, 1.807) is 12.5 Å². The number of alkyl halides is 3. The average Bonchev–Trinajstić information content (AvgIpc) is 2.67. The van der Waals surface area contributed by atoms with Gasteiger partial charge in [-0.25, -0.2) is 4.98 Å². The summed E-state index contributed by atoms with van der Waals surface area (Å²) in [4.78, 5) is 6.74. The Morgan fingerprint density at radius 1 is 1.44 bits per heavy atom. The van der Waals surface area contributed by atoms with Crippen LogP contribution in [0.25, 0.3) is 0 Å². The Balaban J connectivity index is 1.89. The third-order valence-electron chi connectivity index (χ3n) is 1.78. The monoisotopic (exact) mass is 237 g/mol. The first kappa shape index (κ1) is 13.0. The van der Waals surface area contributed by atoms with E-state index in [2.05, 4.69) is 20.0 Å². The van der Waals surface area contributed by atoms with Gasteiger partial charge < -0.3 is 15.0 Å². The number of rotatable bonds is 7. The highest BCUT2D eigenvalue weighted by molar-refractivity contribution is 4.92. The molecule has 0 fully saturated rings. The maximum atomic E-state index is 11.7. The zero-order valence-corrected chi connectivity index (χ0v) is 8.68. The number of H-pyrrole nitrogens is 1. The van der Waals surface area contributed by atoms with E-state index in [0.717, 1.165) is 5.69 Å². The highest BCUT2D eigenvalue weighted by atomic mass is 19.4. The molecule has 0 amide bonds. The van der Waals surface area contributed by atoms with E-state index in [0.29, 0.717) is 19.5 Å². The van der Waals surface area contributed by atoms with Crippen LogP contribution in [0, 0.1) is 0 Å². The highest BCUT2D eigenvalue weighted by Gasteiger charge is 2.27. The summed E-state index contributed by atoms with van der Waals surface area (Å²) in [7, 11) is 0. The number of nitrogens with zero attached hydrogens (tertiary/aromatic N) is 1. The topological polar surface area (TPSA) is 49.9 Å². The number of hydrogen-bond donors (Lipinski definition) is 2. The first-order valence-corrected chi connectivity index (χ1v) is 4.90. The van der Waals surface area contributed by atoms with E-state index in [-0.39, 0.29) is 6.61 Å². The van der Waals surface area contributed by atoms with Crippen LogP contribution in [0.4, 0.5) is 13.2 Å². The molecule has 0 atom stereocenters. The molecule has 1 aromatic heterocycles. The Kier molecular flexibility index (Phi) is 5.27. The van der Waals surface area contributed by atoms with E-state index in [1.807, 2.05) is 0 Å². The summed E-state index contributed by atoms with van der Waals surface area (Å²) in [6.45, 7) is 0.166. The van der Waals surface area contributed by atoms with Gasteiger partial charge in [0.15, 0.2) is 0 Å². The lowest BCUT2D eigenvalue weighted by molar-refractivity contribution is -0.173. The van der Waals surface area contributed by atoms with Gasteiger partial charge in [-0.05, 0) is 13.0 Å². The van der Waals surface area contributed by atoms with Crippen LogP contribution < -0.4 is 5.32 Å². The summed E-state index contributed by atoms with van der Waals surface area (Å²) in [5.41, 5.74) is 0.941. The minimum absolute atomic E-state index is 0.107. The van der Waals surface area contributed by atoms with Crippen molar-refractivity contribution in [1.29, 1.82) is 0 Å². The molecular weight excluding hydrogens is 223 g/mol. The summed E-state index contributed by atoms with van der Waals surface area (Å²) >= 11 is 0. The van der Waals surface area contributed by atoms with Gasteiger partial charge in [0.25, 0.3) is 0 Å². The number of ether oxygens (including phenoxy) is 1. The molecule has 2 N–H and O–H groups in total. The first-order valence-electron chi connectivity index (χ1n) is 4.90. The van der Waals surface area contributed by atoms with Gasteiger partial charge in [0.05, 0.1) is 6.33 Å². The van der Waals surface area contributed by atoms with Gasteiger partial charge in [0.2, 0.25) is 0 Å². The predicted molar refractivity (Wildman–Crippen MR) is 51.8 cm³/mol. The molecule has 1 heterocycles. The van der Waals surface area contributed by atoms with Crippen molar-refractivity contribution in [3.05, 3.63) is 18.2 Å². The second-order valence-corrected chi connectivity index (χ2v) is 3.27. The fourth-order valence-electron chi connectivity index (χ4n) is 1.09. The highest BCUT2D eigenvalue weighted by Crippen LogP contribution is 2.14. The lowest BCUT2D eigenvalue weighted by atomic mass is 10.4. The van der Waals surface area contributed by atoms with Crippen LogP contribution in [-0.2, 0) is 11.3 Å². The number of aromatic nitrogens is 2. The van der Waals surface area contributed by atoms with Crippen molar-refractivity contribution in [3.8, 4) is 0 Å². The number of aromatic amines is 1. The third-order valence-corrected chi connectivity index (χ3v) is 1.78. The maximum Gasteiger partial charge on any atom is 0.411 e. The molecule has 0 aliphatic carbocycles. The fraction of sp³-hybridized carbons (Fsp3) is 0.667. The molecule has 0 radical (unpaired) electrons. The van der Waals surface area contributed by atoms with Crippen LogP contribution >= 0.6 is 0 Å². The van der Waals surface area contributed by atoms with E-state index >= 15 is 0 Å². The van der Waals surface area contributed by atoms with Crippen molar-refractivity contribution in [2.45, 2.75) is 19.1 Å². The van der Waals surface area contributed by atoms with E-state index in [4.69, 9.17) is 0 Å². The van der Waals surface area contributed by atoms with Crippen LogP contribution in [0.5, 0.6) is 0 Å². The van der Waals surface area contributed by atoms with Crippen molar-refractivity contribution in [2.24, 2.45) is 0 Å². The molecule has 0 bridgehead atoms. The molecule has 0 aromatic carbocycles. The minimum atomic E-state index is -4.23. The van der Waals surface area contributed by atoms with Crippen LogP contribution in [-0.4, -0.2) is 35.9 Å². The smallest absolute Gasteiger partial charge is 0.372 e. The molecule has 1 rings (SSSR count). The lowest BCUT2D eigenvalue weighted by Gasteiger charge is -2.07. The molecule has 0 aliphatic rings. The molecule has 0 saturated carbocycles. The van der Waals surface area contributed by atoms with E-state index < -0.39 is 12.8 Å². The van der Waals surface area contributed by atoms with Crippen molar-refractivity contribution in [2.75, 3.05) is 19.8 Å². The Morgan fingerprint density at radius 2 is 2.25 bits per heavy atom. The third kappa shape index (κ3) is 6.41. The molecule has 1 aromatic rings. The lowest BCUT2D eigenvalue weighted by Crippen LogP contribution is -2.20. The average molecular weight is 237 g/mol. The van der Waals surface area contributed by atoms with Crippen LogP contribution in [0.2, 0.25) is 0 Å². The second-order valence-electron chi connectivity index (χ2n) is 3.27. The summed E-state index contributed by atoms with van der Waals surface area (Å²) in [6.07, 6.45) is -0.426. The molecule has 0 unspecified atom stereocenters. The first-order chi connectivity index (χ1) is 7.58. The summed E-state index contributed by atoms with van der Waals surface area (Å²) in [5.74, 6) is 0. The van der Waals surface area contributed by atoms with Crippen LogP contribution in [0.15, 0.2) is 12.5 Å². The molecule has 0 spiro atoms. The Labute approximate surface area is 91.2 Å². The summed E-state index contributed by atoms with van der Waals surface area (Å²) in [6, 6.07) is 0. The zero-order chi connectivity index (χ0) is 11.9. The molecule has 92 valence electrons. The Morgan fingerprint density at radius 3 is 2.88 bits per heavy atom. The Hall–Kier alpha value is -1.08. The quantitative estimate of drug-likeness (QED) is 0.706. The molecule has 0 saturated heterocycles. The largest absolute Gasteiger partial charge is 0.411 e. The van der Waals surface area contributed by atoms with E-state index in [9.17, 15) is 13.2 Å². The second kappa shape index (κ2) is 6.49. The molecular formula is C9H14F3N3O. The number of nitrogens with one attached hydrogen (secondary N) is 2. The number of hydrogen-bond acceptors (Lipinski definition) is 3. The van der Waals surface area contributed by atoms with Gasteiger partial charge in [0.1, 0.15) is 6.61 Å². The minimum Gasteiger partial charge on any atom is -0.372 e. The number of halogens is 3. The number of imidazole rings is 1. The Bertz CT molecular complexity index is 274. The van der Waals surface area contributed by atoms with Gasteiger partial charge in [0, 0.05) is 25.0 Å². The molecule has 7 heteroatoms. The fourth-order valence-corrected chi connectivity index (χ4v) is 1.09. The van der Waals surface area contributed by atoms with Crippen molar-refractivity contribution in [1.82, 2.24) is 15.3 Å². The standard InChI is InChI=1S/C9H14F3N3O/c10-9(11,12)6-16-3-1-2-13-4-8-5-14-7-15-8/h5,7,13H,1-4,6H2,(H,14,15). The molecule has 4 nitrogen and oxygen atoms in total. The van der Waals surface area contributed by atoms with Gasteiger partial charge in [-0.1, -0.05) is 0 Å².